The number of fused-ring (bicyclic) bond motifs is 10. The highest BCUT2D eigenvalue weighted by molar-refractivity contribution is 5.34. The zero-order chi connectivity index (χ0) is 32.9. The van der Waals surface area contributed by atoms with Crippen LogP contribution in [0.15, 0.2) is 23.3 Å². The van der Waals surface area contributed by atoms with Crippen molar-refractivity contribution in [2.45, 2.75) is 147 Å². The topological polar surface area (TPSA) is 162 Å². The summed E-state index contributed by atoms with van der Waals surface area (Å²) >= 11 is 0. The van der Waals surface area contributed by atoms with Crippen molar-refractivity contribution in [1.82, 2.24) is 0 Å². The zero-order valence-corrected chi connectivity index (χ0v) is 28.1. The lowest BCUT2D eigenvalue weighted by atomic mass is 9.40. The molecule has 0 aromatic rings. The zero-order valence-electron chi connectivity index (χ0n) is 28.1. The average Bonchev–Trinajstić information content (AvgIpc) is 3.33. The van der Waals surface area contributed by atoms with Crippen LogP contribution in [0.1, 0.15) is 98.3 Å². The van der Waals surface area contributed by atoms with Crippen LogP contribution >= 0.6 is 0 Å². The van der Waals surface area contributed by atoms with E-state index < -0.39 is 64.4 Å². The molecule has 8 heteroatoms. The molecule has 0 bridgehead atoms. The first-order valence-corrected chi connectivity index (χ1v) is 18.4. The number of hydrogen-bond acceptors (Lipinski definition) is 8. The minimum absolute atomic E-state index is 0.00672. The Morgan fingerprint density at radius 1 is 0.674 bits per heavy atom. The van der Waals surface area contributed by atoms with Gasteiger partial charge in [0, 0.05) is 16.7 Å². The smallest absolute Gasteiger partial charge is 0.0999 e. The summed E-state index contributed by atoms with van der Waals surface area (Å²) in [5, 5.41) is 93.5. The van der Waals surface area contributed by atoms with Crippen molar-refractivity contribution in [3.8, 4) is 0 Å². The predicted octanol–water partition coefficient (Wildman–Crippen LogP) is 2.84. The fourth-order valence-electron chi connectivity index (χ4n) is 14.9. The Kier molecular flexibility index (Phi) is 7.12. The fraction of sp³-hybridized carbons (Fsp3) is 0.895. The second-order valence-corrected chi connectivity index (χ2v) is 18.6. The van der Waals surface area contributed by atoms with Crippen LogP contribution in [0, 0.1) is 63.1 Å². The molecule has 8 aliphatic carbocycles. The van der Waals surface area contributed by atoms with Crippen molar-refractivity contribution in [2.75, 3.05) is 0 Å². The standard InChI is InChI=1S/C38H58O8/c1-34-10-9-20(39)11-18(34)5-7-23-25-15-30(44)38(46,36(25,3)17-28(43)31(23)34)29-13-21(40)12-19-6-8-22-24-14-26(41)33(45)35(24,2)16-27(42)32(22)37(19,29)4/h5-6,20-33,39-46H,7-17H2,1-4H3/t20?,21?,22-,23-,24-,25-,26?,27?,28?,29?,30?,31-,32-,33?,34-,35-,36-,37+,38?/m0/s1. The molecule has 0 radical (unpaired) electrons. The van der Waals surface area contributed by atoms with Gasteiger partial charge in [-0.3, -0.25) is 0 Å². The molecular formula is C38H58O8. The lowest BCUT2D eigenvalue weighted by Gasteiger charge is -2.66. The van der Waals surface area contributed by atoms with Crippen LogP contribution in [0.25, 0.3) is 0 Å². The summed E-state index contributed by atoms with van der Waals surface area (Å²) < 4.78 is 0. The van der Waals surface area contributed by atoms with Gasteiger partial charge in [0.15, 0.2) is 0 Å². The van der Waals surface area contributed by atoms with Gasteiger partial charge in [-0.2, -0.15) is 0 Å². The maximum Gasteiger partial charge on any atom is 0.0999 e. The molecule has 0 aromatic heterocycles. The van der Waals surface area contributed by atoms with E-state index in [9.17, 15) is 40.9 Å². The van der Waals surface area contributed by atoms with E-state index >= 15 is 0 Å². The number of allylic oxidation sites excluding steroid dienone is 2. The molecule has 0 aromatic carbocycles. The van der Waals surface area contributed by atoms with Crippen LogP contribution in [0.3, 0.4) is 0 Å². The van der Waals surface area contributed by atoms with Crippen LogP contribution < -0.4 is 0 Å². The van der Waals surface area contributed by atoms with E-state index in [1.807, 2.05) is 6.92 Å². The molecule has 0 aliphatic heterocycles. The quantitative estimate of drug-likeness (QED) is 0.203. The third-order valence-electron chi connectivity index (χ3n) is 17.0. The fourth-order valence-corrected chi connectivity index (χ4v) is 14.9. The van der Waals surface area contributed by atoms with Gasteiger partial charge in [-0.15, -0.1) is 0 Å². The Bertz CT molecular complexity index is 1330. The van der Waals surface area contributed by atoms with Crippen molar-refractivity contribution in [1.29, 1.82) is 0 Å². The van der Waals surface area contributed by atoms with E-state index in [2.05, 4.69) is 32.9 Å². The van der Waals surface area contributed by atoms with Crippen LogP contribution in [0.2, 0.25) is 0 Å². The van der Waals surface area contributed by atoms with E-state index in [1.165, 1.54) is 5.57 Å². The summed E-state index contributed by atoms with van der Waals surface area (Å²) in [7, 11) is 0. The highest BCUT2D eigenvalue weighted by atomic mass is 16.3. The van der Waals surface area contributed by atoms with Gasteiger partial charge in [0.2, 0.25) is 0 Å². The summed E-state index contributed by atoms with van der Waals surface area (Å²) in [6.07, 6.45) is 5.25. The van der Waals surface area contributed by atoms with Crippen molar-refractivity contribution < 1.29 is 40.9 Å². The van der Waals surface area contributed by atoms with Crippen molar-refractivity contribution in [3.05, 3.63) is 23.3 Å². The van der Waals surface area contributed by atoms with Gasteiger partial charge in [-0.25, -0.2) is 0 Å². The normalized spacial score (nSPS) is 62.5. The van der Waals surface area contributed by atoms with E-state index in [0.29, 0.717) is 57.8 Å². The molecule has 0 saturated heterocycles. The first-order chi connectivity index (χ1) is 21.5. The van der Waals surface area contributed by atoms with Crippen molar-refractivity contribution >= 4 is 0 Å². The second kappa shape index (κ2) is 10.1. The Morgan fingerprint density at radius 2 is 1.30 bits per heavy atom. The average molecular weight is 643 g/mol. The Hall–Kier alpha value is -0.840. The third kappa shape index (κ3) is 3.80. The molecule has 8 nitrogen and oxygen atoms in total. The molecule has 0 spiro atoms. The van der Waals surface area contributed by atoms with Gasteiger partial charge in [0.05, 0.1) is 48.3 Å². The second-order valence-electron chi connectivity index (χ2n) is 18.6. The lowest BCUT2D eigenvalue weighted by Crippen LogP contribution is -2.69. The van der Waals surface area contributed by atoms with E-state index in [1.54, 1.807) is 0 Å². The van der Waals surface area contributed by atoms with Gasteiger partial charge in [0.1, 0.15) is 0 Å². The number of aliphatic hydroxyl groups is 8. The first kappa shape index (κ1) is 32.4. The highest BCUT2D eigenvalue weighted by Crippen LogP contribution is 2.74. The monoisotopic (exact) mass is 642 g/mol. The summed E-state index contributed by atoms with van der Waals surface area (Å²) in [4.78, 5) is 0. The third-order valence-corrected chi connectivity index (χ3v) is 17.0. The van der Waals surface area contributed by atoms with Gasteiger partial charge in [0.25, 0.3) is 0 Å². The number of hydrogen-bond donors (Lipinski definition) is 8. The summed E-state index contributed by atoms with van der Waals surface area (Å²) in [5.41, 5.74) is -1.68. The molecule has 46 heavy (non-hydrogen) atoms. The molecule has 0 amide bonds. The maximum absolute atomic E-state index is 13.4. The SMILES string of the molecule is C[C@]12CCC(O)CC1=CC[C@@H]1[C@H]2C(O)C[C@@]2(C)[C@H]1CC(O)C2(O)C1CC(O)CC2=CC[C@@H]3[C@@H](C(O)C[C@]4(C)C(O)C(O)C[C@@H]34)[C@]21C. The van der Waals surface area contributed by atoms with E-state index in [0.717, 1.165) is 18.4 Å². The summed E-state index contributed by atoms with van der Waals surface area (Å²) in [6.45, 7) is 8.47. The molecular weight excluding hydrogens is 584 g/mol. The highest BCUT2D eigenvalue weighted by Gasteiger charge is 2.75. The van der Waals surface area contributed by atoms with Crippen LogP contribution in [0.4, 0.5) is 0 Å². The van der Waals surface area contributed by atoms with E-state index in [-0.39, 0.29) is 47.0 Å². The molecule has 8 N–H and O–H groups in total. The molecule has 19 atom stereocenters. The molecule has 8 aliphatic rings. The Morgan fingerprint density at radius 3 is 2.02 bits per heavy atom. The van der Waals surface area contributed by atoms with Crippen molar-refractivity contribution in [2.24, 2.45) is 63.1 Å². The molecule has 0 heterocycles. The van der Waals surface area contributed by atoms with Crippen LogP contribution in [-0.2, 0) is 0 Å². The van der Waals surface area contributed by atoms with Gasteiger partial charge < -0.3 is 40.9 Å². The Balaban J connectivity index is 1.21. The van der Waals surface area contributed by atoms with Gasteiger partial charge >= 0.3 is 0 Å². The minimum Gasteiger partial charge on any atom is -0.393 e. The first-order valence-electron chi connectivity index (χ1n) is 18.4. The molecule has 258 valence electrons. The minimum atomic E-state index is -1.61. The molecule has 6 fully saturated rings. The molecule has 6 saturated carbocycles. The summed E-state index contributed by atoms with van der Waals surface area (Å²) in [5.74, 6) is -0.767. The predicted molar refractivity (Wildman–Crippen MR) is 171 cm³/mol. The summed E-state index contributed by atoms with van der Waals surface area (Å²) in [6, 6.07) is 0. The number of aliphatic hydroxyl groups excluding tert-OH is 7. The van der Waals surface area contributed by atoms with Crippen LogP contribution in [0.5, 0.6) is 0 Å². The number of rotatable bonds is 1. The largest absolute Gasteiger partial charge is 0.393 e. The molecule has 8 rings (SSSR count). The lowest BCUT2D eigenvalue weighted by molar-refractivity contribution is -0.247. The van der Waals surface area contributed by atoms with Crippen molar-refractivity contribution in [3.63, 3.8) is 0 Å². The molecule has 9 unspecified atom stereocenters. The van der Waals surface area contributed by atoms with Crippen LogP contribution in [-0.4, -0.2) is 89.2 Å². The van der Waals surface area contributed by atoms with E-state index in [4.69, 9.17) is 0 Å². The van der Waals surface area contributed by atoms with Gasteiger partial charge in [-0.05, 0) is 117 Å². The maximum atomic E-state index is 13.4. The van der Waals surface area contributed by atoms with Gasteiger partial charge in [-0.1, -0.05) is 51.0 Å². The Labute approximate surface area is 273 Å².